The van der Waals surface area contributed by atoms with Crippen LogP contribution in [0.1, 0.15) is 10.4 Å². The number of aromatic nitrogens is 1. The summed E-state index contributed by atoms with van der Waals surface area (Å²) in [6.45, 7) is 3.93. The van der Waals surface area contributed by atoms with E-state index in [1.54, 1.807) is 18.3 Å². The Kier molecular flexibility index (Phi) is 3.28. The molecule has 1 N–H and O–H groups in total. The Morgan fingerprint density at radius 3 is 2.65 bits per heavy atom. The van der Waals surface area contributed by atoms with Crippen LogP contribution in [0.25, 0.3) is 10.8 Å². The highest BCUT2D eigenvalue weighted by atomic mass is 16.4. The number of benzene rings is 1. The van der Waals surface area contributed by atoms with Gasteiger partial charge in [0.15, 0.2) is 0 Å². The van der Waals surface area contributed by atoms with Crippen LogP contribution in [-0.2, 0) is 0 Å². The number of aromatic carboxylic acids is 1. The van der Waals surface area contributed by atoms with E-state index in [9.17, 15) is 4.79 Å². The number of hydrogen-bond donors (Lipinski definition) is 1. The molecule has 0 aliphatic carbocycles. The van der Waals surface area contributed by atoms with Crippen LogP contribution in [0, 0.1) is 0 Å². The van der Waals surface area contributed by atoms with Crippen molar-refractivity contribution in [2.24, 2.45) is 0 Å². The van der Waals surface area contributed by atoms with Crippen LogP contribution in [0.4, 0.5) is 5.82 Å². The van der Waals surface area contributed by atoms with Gasteiger partial charge >= 0.3 is 5.97 Å². The highest BCUT2D eigenvalue weighted by Gasteiger charge is 2.17. The van der Waals surface area contributed by atoms with Crippen LogP contribution in [0.5, 0.6) is 0 Å². The molecule has 1 saturated heterocycles. The van der Waals surface area contributed by atoms with Crippen molar-refractivity contribution in [2.45, 2.75) is 0 Å². The lowest BCUT2D eigenvalue weighted by molar-refractivity contribution is 0.0697. The number of rotatable bonds is 2. The highest BCUT2D eigenvalue weighted by Crippen LogP contribution is 2.26. The smallest absolute Gasteiger partial charge is 0.335 e. The fourth-order valence-electron chi connectivity index (χ4n) is 2.57. The molecule has 1 aliphatic rings. The summed E-state index contributed by atoms with van der Waals surface area (Å²) in [5.41, 5.74) is 0.313. The molecule has 1 aromatic heterocycles. The Morgan fingerprint density at radius 2 is 1.95 bits per heavy atom. The van der Waals surface area contributed by atoms with Crippen molar-refractivity contribution in [3.8, 4) is 0 Å². The lowest BCUT2D eigenvalue weighted by Crippen LogP contribution is -2.44. The van der Waals surface area contributed by atoms with E-state index in [0.717, 1.165) is 42.8 Å². The minimum atomic E-state index is -0.898. The predicted octanol–water partition coefficient (Wildman–Crippen LogP) is 1.68. The number of carbonyl (C=O) groups is 1. The maximum atomic E-state index is 11.0. The van der Waals surface area contributed by atoms with Gasteiger partial charge in [-0.15, -0.1) is 0 Å². The monoisotopic (exact) mass is 271 g/mol. The van der Waals surface area contributed by atoms with Gasteiger partial charge in [0.05, 0.1) is 5.56 Å². The summed E-state index contributed by atoms with van der Waals surface area (Å²) >= 11 is 0. The summed E-state index contributed by atoms with van der Waals surface area (Å²) in [5, 5.41) is 11.0. The number of carboxylic acid groups (broad SMARTS) is 1. The molecular formula is C15H17N3O2. The molecule has 1 fully saturated rings. The normalized spacial score (nSPS) is 16.6. The van der Waals surface area contributed by atoms with Crippen LogP contribution in [0.3, 0.4) is 0 Å². The third-order valence-corrected chi connectivity index (χ3v) is 3.79. The number of likely N-dealkylation sites (N-methyl/N-ethyl adjacent to an activating group) is 1. The van der Waals surface area contributed by atoms with Crippen LogP contribution in [0.15, 0.2) is 30.5 Å². The van der Waals surface area contributed by atoms with Gasteiger partial charge in [-0.1, -0.05) is 0 Å². The second kappa shape index (κ2) is 5.09. The minimum absolute atomic E-state index is 0.313. The third kappa shape index (κ3) is 2.32. The fourth-order valence-corrected chi connectivity index (χ4v) is 2.57. The van der Waals surface area contributed by atoms with E-state index in [1.807, 2.05) is 12.1 Å². The van der Waals surface area contributed by atoms with E-state index in [4.69, 9.17) is 5.11 Å². The maximum Gasteiger partial charge on any atom is 0.335 e. The molecule has 1 aliphatic heterocycles. The van der Waals surface area contributed by atoms with Gasteiger partial charge < -0.3 is 14.9 Å². The van der Waals surface area contributed by atoms with E-state index in [0.29, 0.717) is 5.56 Å². The number of anilines is 1. The molecule has 0 radical (unpaired) electrons. The van der Waals surface area contributed by atoms with Gasteiger partial charge in [-0.05, 0) is 36.7 Å². The fraction of sp³-hybridized carbons (Fsp3) is 0.333. The van der Waals surface area contributed by atoms with Gasteiger partial charge in [-0.2, -0.15) is 0 Å². The molecule has 0 unspecified atom stereocenters. The topological polar surface area (TPSA) is 56.7 Å². The van der Waals surface area contributed by atoms with Crippen LogP contribution >= 0.6 is 0 Å². The zero-order chi connectivity index (χ0) is 14.1. The van der Waals surface area contributed by atoms with Crippen LogP contribution in [0.2, 0.25) is 0 Å². The van der Waals surface area contributed by atoms with Crippen molar-refractivity contribution >= 4 is 22.6 Å². The van der Waals surface area contributed by atoms with Gasteiger partial charge in [-0.3, -0.25) is 0 Å². The van der Waals surface area contributed by atoms with Gasteiger partial charge in [0.25, 0.3) is 0 Å². The van der Waals surface area contributed by atoms with Crippen molar-refractivity contribution in [3.05, 3.63) is 36.0 Å². The summed E-state index contributed by atoms with van der Waals surface area (Å²) < 4.78 is 0. The highest BCUT2D eigenvalue weighted by molar-refractivity contribution is 5.98. The molecule has 3 rings (SSSR count). The van der Waals surface area contributed by atoms with Crippen LogP contribution in [-0.4, -0.2) is 54.2 Å². The average molecular weight is 271 g/mol. The summed E-state index contributed by atoms with van der Waals surface area (Å²) in [6.07, 6.45) is 1.75. The van der Waals surface area contributed by atoms with E-state index in [2.05, 4.69) is 21.8 Å². The molecule has 0 bridgehead atoms. The lowest BCUT2D eigenvalue weighted by Gasteiger charge is -2.33. The van der Waals surface area contributed by atoms with E-state index in [-0.39, 0.29) is 0 Å². The largest absolute Gasteiger partial charge is 0.478 e. The molecule has 0 amide bonds. The minimum Gasteiger partial charge on any atom is -0.478 e. The second-order valence-corrected chi connectivity index (χ2v) is 5.17. The Bertz CT molecular complexity index is 649. The van der Waals surface area contributed by atoms with E-state index >= 15 is 0 Å². The maximum absolute atomic E-state index is 11.0. The second-order valence-electron chi connectivity index (χ2n) is 5.17. The summed E-state index contributed by atoms with van der Waals surface area (Å²) in [6, 6.07) is 7.08. The predicted molar refractivity (Wildman–Crippen MR) is 78.4 cm³/mol. The first-order chi connectivity index (χ1) is 9.65. The van der Waals surface area contributed by atoms with E-state index in [1.165, 1.54) is 0 Å². The first-order valence-corrected chi connectivity index (χ1v) is 6.71. The molecule has 20 heavy (non-hydrogen) atoms. The lowest BCUT2D eigenvalue weighted by atomic mass is 10.1. The number of hydrogen-bond acceptors (Lipinski definition) is 4. The SMILES string of the molecule is CN1CCN(c2nccc3cc(C(=O)O)ccc23)CC1. The number of piperazine rings is 1. The molecule has 2 heterocycles. The van der Waals surface area contributed by atoms with Crippen molar-refractivity contribution < 1.29 is 9.90 Å². The molecular weight excluding hydrogens is 254 g/mol. The van der Waals surface area contributed by atoms with Crippen molar-refractivity contribution in [3.63, 3.8) is 0 Å². The first kappa shape index (κ1) is 12.9. The van der Waals surface area contributed by atoms with Crippen LogP contribution < -0.4 is 4.90 Å². The number of fused-ring (bicyclic) bond motifs is 1. The molecule has 0 saturated carbocycles. The molecule has 0 atom stereocenters. The Hall–Kier alpha value is -2.14. The van der Waals surface area contributed by atoms with Gasteiger partial charge in [0.1, 0.15) is 5.82 Å². The van der Waals surface area contributed by atoms with Crippen molar-refractivity contribution in [2.75, 3.05) is 38.1 Å². The van der Waals surface area contributed by atoms with E-state index < -0.39 is 5.97 Å². The molecule has 5 nitrogen and oxygen atoms in total. The Morgan fingerprint density at radius 1 is 1.20 bits per heavy atom. The summed E-state index contributed by atoms with van der Waals surface area (Å²) in [7, 11) is 2.12. The Labute approximate surface area is 117 Å². The van der Waals surface area contributed by atoms with Crippen molar-refractivity contribution in [1.29, 1.82) is 0 Å². The molecule has 0 spiro atoms. The molecule has 1 aromatic carbocycles. The quantitative estimate of drug-likeness (QED) is 0.900. The number of nitrogens with zero attached hydrogens (tertiary/aromatic N) is 3. The Balaban J connectivity index is 2.01. The summed E-state index contributed by atoms with van der Waals surface area (Å²) in [4.78, 5) is 20.1. The van der Waals surface area contributed by atoms with Gasteiger partial charge in [0.2, 0.25) is 0 Å². The first-order valence-electron chi connectivity index (χ1n) is 6.71. The molecule has 104 valence electrons. The average Bonchev–Trinajstić information content (AvgIpc) is 2.47. The zero-order valence-corrected chi connectivity index (χ0v) is 11.4. The van der Waals surface area contributed by atoms with Gasteiger partial charge in [-0.25, -0.2) is 9.78 Å². The third-order valence-electron chi connectivity index (χ3n) is 3.79. The molecule has 5 heteroatoms. The zero-order valence-electron chi connectivity index (χ0n) is 11.4. The number of pyridine rings is 1. The van der Waals surface area contributed by atoms with Gasteiger partial charge in [0, 0.05) is 37.8 Å². The standard InChI is InChI=1S/C15H17N3O2/c1-17-6-8-18(9-7-17)14-13-3-2-12(15(19)20)10-11(13)4-5-16-14/h2-5,10H,6-9H2,1H3,(H,19,20). The molecule has 2 aromatic rings. The summed E-state index contributed by atoms with van der Waals surface area (Å²) in [5.74, 6) is 0.0531. The van der Waals surface area contributed by atoms with Crippen molar-refractivity contribution in [1.82, 2.24) is 9.88 Å². The number of carboxylic acids is 1.